The van der Waals surface area contributed by atoms with Crippen molar-refractivity contribution in [3.05, 3.63) is 158 Å². The summed E-state index contributed by atoms with van der Waals surface area (Å²) in [4.78, 5) is 0. The Balaban J connectivity index is 1.16. The summed E-state index contributed by atoms with van der Waals surface area (Å²) in [5, 5.41) is 11.8. The number of rotatable bonds is 3. The molecule has 2 nitrogen and oxygen atoms in total. The third-order valence-electron chi connectivity index (χ3n) is 9.51. The van der Waals surface area contributed by atoms with E-state index in [1.807, 2.05) is 0 Å². The summed E-state index contributed by atoms with van der Waals surface area (Å²) in [5.41, 5.74) is 8.50. The average molecular weight is 559 g/mol. The van der Waals surface area contributed by atoms with Gasteiger partial charge in [-0.25, -0.2) is 0 Å². The largest absolute Gasteiger partial charge is 0.317 e. The van der Waals surface area contributed by atoms with Crippen LogP contribution < -0.4 is 0 Å². The molecular formula is C42H26N2. The summed E-state index contributed by atoms with van der Waals surface area (Å²) in [6.45, 7) is 0. The summed E-state index contributed by atoms with van der Waals surface area (Å²) in [6.07, 6.45) is 2.19. The molecule has 0 atom stereocenters. The van der Waals surface area contributed by atoms with E-state index in [0.29, 0.717) is 0 Å². The van der Waals surface area contributed by atoms with Crippen molar-refractivity contribution in [2.24, 2.45) is 0 Å². The van der Waals surface area contributed by atoms with Crippen LogP contribution in [0.4, 0.5) is 0 Å². The monoisotopic (exact) mass is 558 g/mol. The Kier molecular flexibility index (Phi) is 4.75. The molecule has 44 heavy (non-hydrogen) atoms. The molecule has 0 amide bonds. The molecule has 0 unspecified atom stereocenters. The topological polar surface area (TPSA) is 9.86 Å². The maximum Gasteiger partial charge on any atom is 0.0548 e. The Hall–Kier alpha value is -5.86. The first-order valence-electron chi connectivity index (χ1n) is 15.2. The van der Waals surface area contributed by atoms with Gasteiger partial charge < -0.3 is 9.13 Å². The second-order valence-electron chi connectivity index (χ2n) is 11.8. The normalized spacial score (nSPS) is 12.1. The molecule has 0 aliphatic rings. The van der Waals surface area contributed by atoms with Gasteiger partial charge in [-0.1, -0.05) is 103 Å². The maximum absolute atomic E-state index is 2.41. The second kappa shape index (κ2) is 8.82. The van der Waals surface area contributed by atoms with Crippen LogP contribution in [0.2, 0.25) is 0 Å². The van der Waals surface area contributed by atoms with Crippen molar-refractivity contribution in [3.8, 4) is 22.5 Å². The minimum atomic E-state index is 1.17. The third kappa shape index (κ3) is 3.20. The first-order valence-corrected chi connectivity index (χ1v) is 15.2. The molecule has 0 aliphatic carbocycles. The zero-order chi connectivity index (χ0) is 28.8. The van der Waals surface area contributed by atoms with Gasteiger partial charge >= 0.3 is 0 Å². The summed E-state index contributed by atoms with van der Waals surface area (Å²) >= 11 is 0. The maximum atomic E-state index is 2.41. The van der Waals surface area contributed by atoms with Gasteiger partial charge in [0.2, 0.25) is 0 Å². The molecule has 0 bridgehead atoms. The number of aromatic nitrogens is 2. The third-order valence-corrected chi connectivity index (χ3v) is 9.51. The highest BCUT2D eigenvalue weighted by Gasteiger charge is 2.17. The highest BCUT2D eigenvalue weighted by atomic mass is 15.0. The molecule has 0 spiro atoms. The molecule has 0 aliphatic heterocycles. The lowest BCUT2D eigenvalue weighted by molar-refractivity contribution is 1.13. The molecule has 0 radical (unpaired) electrons. The SMILES string of the molecule is c1ccc(-n2ccc3c4c5ccccc5n(-c5ccc(-c6ccc7ccc8cccc9ccc6c7c89)cc5)c4ccc32)cc1. The number of hydrogen-bond acceptors (Lipinski definition) is 0. The Bertz CT molecular complexity index is 2670. The fourth-order valence-electron chi connectivity index (χ4n) is 7.55. The van der Waals surface area contributed by atoms with Crippen LogP contribution in [0.3, 0.4) is 0 Å². The van der Waals surface area contributed by atoms with Crippen molar-refractivity contribution in [1.82, 2.24) is 9.13 Å². The minimum absolute atomic E-state index is 1.17. The van der Waals surface area contributed by atoms with Gasteiger partial charge in [0.05, 0.1) is 16.6 Å². The number of hydrogen-bond donors (Lipinski definition) is 0. The number of para-hydroxylation sites is 2. The van der Waals surface area contributed by atoms with Crippen molar-refractivity contribution in [2.75, 3.05) is 0 Å². The molecule has 10 rings (SSSR count). The highest BCUT2D eigenvalue weighted by Crippen LogP contribution is 2.41. The van der Waals surface area contributed by atoms with Crippen LogP contribution in [0.15, 0.2) is 158 Å². The van der Waals surface area contributed by atoms with Crippen molar-refractivity contribution >= 4 is 65.0 Å². The van der Waals surface area contributed by atoms with Crippen molar-refractivity contribution in [3.63, 3.8) is 0 Å². The fourth-order valence-corrected chi connectivity index (χ4v) is 7.55. The van der Waals surface area contributed by atoms with Gasteiger partial charge in [-0.15, -0.1) is 0 Å². The number of fused-ring (bicyclic) bond motifs is 5. The van der Waals surface area contributed by atoms with Crippen molar-refractivity contribution in [2.45, 2.75) is 0 Å². The lowest BCUT2D eigenvalue weighted by Crippen LogP contribution is -1.94. The van der Waals surface area contributed by atoms with Gasteiger partial charge in [0, 0.05) is 33.7 Å². The summed E-state index contributed by atoms with van der Waals surface area (Å²) < 4.78 is 4.70. The molecule has 2 heteroatoms. The number of nitrogens with zero attached hydrogens (tertiary/aromatic N) is 2. The molecule has 2 heterocycles. The van der Waals surface area contributed by atoms with Gasteiger partial charge in [-0.05, 0) is 92.0 Å². The van der Waals surface area contributed by atoms with Crippen LogP contribution in [-0.2, 0) is 0 Å². The molecule has 0 saturated heterocycles. The zero-order valence-electron chi connectivity index (χ0n) is 23.9. The highest BCUT2D eigenvalue weighted by molar-refractivity contribution is 6.25. The average Bonchev–Trinajstić information content (AvgIpc) is 3.67. The lowest BCUT2D eigenvalue weighted by atomic mass is 9.90. The zero-order valence-corrected chi connectivity index (χ0v) is 23.9. The Morgan fingerprint density at radius 2 is 1.02 bits per heavy atom. The number of benzene rings is 8. The second-order valence-corrected chi connectivity index (χ2v) is 11.8. The van der Waals surface area contributed by atoms with E-state index in [2.05, 4.69) is 167 Å². The van der Waals surface area contributed by atoms with E-state index in [9.17, 15) is 0 Å². The minimum Gasteiger partial charge on any atom is -0.317 e. The van der Waals surface area contributed by atoms with Gasteiger partial charge in [-0.2, -0.15) is 0 Å². The molecule has 8 aromatic carbocycles. The predicted octanol–water partition coefficient (Wildman–Crippen LogP) is 11.3. The molecule has 0 saturated carbocycles. The van der Waals surface area contributed by atoms with E-state index in [-0.39, 0.29) is 0 Å². The van der Waals surface area contributed by atoms with Crippen LogP contribution >= 0.6 is 0 Å². The van der Waals surface area contributed by atoms with E-state index < -0.39 is 0 Å². The van der Waals surface area contributed by atoms with Crippen LogP contribution in [0.5, 0.6) is 0 Å². The van der Waals surface area contributed by atoms with Gasteiger partial charge in [0.1, 0.15) is 0 Å². The van der Waals surface area contributed by atoms with E-state index in [4.69, 9.17) is 0 Å². The van der Waals surface area contributed by atoms with Crippen LogP contribution in [0.25, 0.3) is 87.5 Å². The predicted molar refractivity (Wildman–Crippen MR) is 187 cm³/mol. The van der Waals surface area contributed by atoms with Crippen LogP contribution in [0, 0.1) is 0 Å². The molecule has 2 aromatic heterocycles. The summed E-state index contributed by atoms with van der Waals surface area (Å²) in [7, 11) is 0. The van der Waals surface area contributed by atoms with E-state index in [1.54, 1.807) is 0 Å². The fraction of sp³-hybridized carbons (Fsp3) is 0. The van der Waals surface area contributed by atoms with Crippen LogP contribution in [-0.4, -0.2) is 9.13 Å². The van der Waals surface area contributed by atoms with Crippen molar-refractivity contribution < 1.29 is 0 Å². The summed E-state index contributed by atoms with van der Waals surface area (Å²) in [6, 6.07) is 55.5. The van der Waals surface area contributed by atoms with Gasteiger partial charge in [-0.3, -0.25) is 0 Å². The van der Waals surface area contributed by atoms with E-state index in [1.165, 1.54) is 87.5 Å². The smallest absolute Gasteiger partial charge is 0.0548 e. The standard InChI is InChI=1S/C42H26N2/c1-2-9-31(10-3-1)43-26-25-36-37(43)23-24-39-42(36)35-11-4-5-12-38(35)44(39)32-19-15-27(16-20-32)33-21-17-30-14-13-28-7-6-8-29-18-22-34(33)41(30)40(28)29/h1-26H. The van der Waals surface area contributed by atoms with Gasteiger partial charge in [0.15, 0.2) is 0 Å². The molecule has 204 valence electrons. The molecular weight excluding hydrogens is 532 g/mol. The Morgan fingerprint density at radius 3 is 1.86 bits per heavy atom. The van der Waals surface area contributed by atoms with Crippen LogP contribution in [0.1, 0.15) is 0 Å². The molecule has 0 fully saturated rings. The lowest BCUT2D eigenvalue weighted by Gasteiger charge is -2.15. The molecule has 0 N–H and O–H groups in total. The quantitative estimate of drug-likeness (QED) is 0.191. The summed E-state index contributed by atoms with van der Waals surface area (Å²) in [5.74, 6) is 0. The van der Waals surface area contributed by atoms with E-state index >= 15 is 0 Å². The Labute approximate surface area is 254 Å². The van der Waals surface area contributed by atoms with E-state index in [0.717, 1.165) is 0 Å². The first kappa shape index (κ1) is 23.7. The van der Waals surface area contributed by atoms with Crippen molar-refractivity contribution in [1.29, 1.82) is 0 Å². The van der Waals surface area contributed by atoms with Gasteiger partial charge in [0.25, 0.3) is 0 Å². The Morgan fingerprint density at radius 1 is 0.341 bits per heavy atom. The molecule has 10 aromatic rings. The first-order chi connectivity index (χ1) is 21.8.